The van der Waals surface area contributed by atoms with Gasteiger partial charge in [0.15, 0.2) is 0 Å². The fourth-order valence-electron chi connectivity index (χ4n) is 4.54. The van der Waals surface area contributed by atoms with Crippen LogP contribution < -0.4 is 5.32 Å². The third-order valence-electron chi connectivity index (χ3n) is 6.00. The number of carbonyl (C=O) groups is 1. The zero-order valence-electron chi connectivity index (χ0n) is 13.8. The van der Waals surface area contributed by atoms with E-state index in [1.54, 1.807) is 0 Å². The highest BCUT2D eigenvalue weighted by atomic mass is 32.2. The van der Waals surface area contributed by atoms with Crippen molar-refractivity contribution in [2.45, 2.75) is 37.5 Å². The summed E-state index contributed by atoms with van der Waals surface area (Å²) >= 11 is 2.00. The molecule has 2 aliphatic heterocycles. The van der Waals surface area contributed by atoms with E-state index in [-0.39, 0.29) is 12.0 Å². The summed E-state index contributed by atoms with van der Waals surface area (Å²) in [5.74, 6) is 1.77. The van der Waals surface area contributed by atoms with Crippen molar-refractivity contribution in [2.75, 3.05) is 25.4 Å². The molecule has 1 aromatic carbocycles. The molecule has 0 radical (unpaired) electrons. The Morgan fingerprint density at radius 1 is 1.26 bits per heavy atom. The van der Waals surface area contributed by atoms with Crippen molar-refractivity contribution in [3.8, 4) is 0 Å². The second-order valence-corrected chi connectivity index (χ2v) is 8.82. The maximum Gasteiger partial charge on any atom is 0.226 e. The van der Waals surface area contributed by atoms with Crippen molar-refractivity contribution >= 4 is 17.7 Å². The van der Waals surface area contributed by atoms with Gasteiger partial charge in [0.25, 0.3) is 0 Å². The molecule has 3 fully saturated rings. The van der Waals surface area contributed by atoms with E-state index in [1.807, 2.05) is 11.8 Å². The fraction of sp³-hybridized carbons (Fsp3) is 0.632. The van der Waals surface area contributed by atoms with Gasteiger partial charge in [-0.2, -0.15) is 11.8 Å². The first-order valence-corrected chi connectivity index (χ1v) is 9.94. The van der Waals surface area contributed by atoms with Crippen LogP contribution in [0.2, 0.25) is 0 Å². The second kappa shape index (κ2) is 6.14. The topological polar surface area (TPSA) is 32.3 Å². The highest BCUT2D eigenvalue weighted by Crippen LogP contribution is 2.59. The number of piperidine rings is 1. The van der Waals surface area contributed by atoms with Gasteiger partial charge in [0.2, 0.25) is 5.91 Å². The molecule has 3 atom stereocenters. The molecule has 1 aliphatic carbocycles. The Morgan fingerprint density at radius 2 is 2.00 bits per heavy atom. The van der Waals surface area contributed by atoms with Gasteiger partial charge in [-0.1, -0.05) is 37.3 Å². The number of nitrogens with one attached hydrogen (secondary N) is 1. The Kier molecular flexibility index (Phi) is 4.14. The van der Waals surface area contributed by atoms with E-state index in [0.717, 1.165) is 31.8 Å². The minimum Gasteiger partial charge on any atom is -0.333 e. The SMILES string of the molecule is CC1SCCN(C(=O)C2CC23CCNCC3)C1c1ccccc1. The van der Waals surface area contributed by atoms with Gasteiger partial charge in [-0.25, -0.2) is 0 Å². The number of hydrogen-bond acceptors (Lipinski definition) is 3. The zero-order chi connectivity index (χ0) is 15.9. The molecule has 3 unspecified atom stereocenters. The van der Waals surface area contributed by atoms with Crippen molar-refractivity contribution < 1.29 is 4.79 Å². The van der Waals surface area contributed by atoms with Crippen LogP contribution in [0, 0.1) is 11.3 Å². The number of thioether (sulfide) groups is 1. The third kappa shape index (κ3) is 2.80. The number of amides is 1. The Hall–Kier alpha value is -1.00. The molecule has 1 aromatic rings. The summed E-state index contributed by atoms with van der Waals surface area (Å²) in [5, 5.41) is 3.90. The molecule has 2 heterocycles. The lowest BCUT2D eigenvalue weighted by molar-refractivity contribution is -0.136. The van der Waals surface area contributed by atoms with Crippen molar-refractivity contribution in [2.24, 2.45) is 11.3 Å². The average Bonchev–Trinajstić information content (AvgIpc) is 3.28. The molecule has 0 aromatic heterocycles. The van der Waals surface area contributed by atoms with E-state index >= 15 is 0 Å². The van der Waals surface area contributed by atoms with Gasteiger partial charge >= 0.3 is 0 Å². The number of rotatable bonds is 2. The lowest BCUT2D eigenvalue weighted by Gasteiger charge is -2.40. The molecule has 1 spiro atoms. The third-order valence-corrected chi connectivity index (χ3v) is 7.21. The van der Waals surface area contributed by atoms with Gasteiger partial charge in [0.1, 0.15) is 0 Å². The Labute approximate surface area is 143 Å². The lowest BCUT2D eigenvalue weighted by atomic mass is 9.91. The minimum absolute atomic E-state index is 0.238. The van der Waals surface area contributed by atoms with Gasteiger partial charge in [-0.05, 0) is 43.3 Å². The Balaban J connectivity index is 1.55. The summed E-state index contributed by atoms with van der Waals surface area (Å²) < 4.78 is 0. The van der Waals surface area contributed by atoms with E-state index in [0.29, 0.717) is 16.6 Å². The van der Waals surface area contributed by atoms with Crippen LogP contribution in [0.15, 0.2) is 30.3 Å². The molecule has 0 bridgehead atoms. The quantitative estimate of drug-likeness (QED) is 0.904. The summed E-state index contributed by atoms with van der Waals surface area (Å²) in [7, 11) is 0. The molecule has 3 nitrogen and oxygen atoms in total. The summed E-state index contributed by atoms with van der Waals surface area (Å²) in [6.45, 7) is 5.34. The van der Waals surface area contributed by atoms with E-state index in [1.165, 1.54) is 18.4 Å². The largest absolute Gasteiger partial charge is 0.333 e. The summed E-state index contributed by atoms with van der Waals surface area (Å²) in [5.41, 5.74) is 1.62. The smallest absolute Gasteiger partial charge is 0.226 e. The standard InChI is InChI=1S/C19H26N2OS/c1-14-17(15-5-3-2-4-6-15)21(11-12-23-14)18(22)16-13-19(16)7-9-20-10-8-19/h2-6,14,16-17,20H,7-13H2,1H3. The van der Waals surface area contributed by atoms with Gasteiger partial charge in [0.05, 0.1) is 6.04 Å². The minimum atomic E-state index is 0.238. The molecular weight excluding hydrogens is 304 g/mol. The Bertz CT molecular complexity index is 570. The molecule has 4 heteroatoms. The van der Waals surface area contributed by atoms with E-state index in [9.17, 15) is 4.79 Å². The van der Waals surface area contributed by atoms with Crippen LogP contribution in [0.4, 0.5) is 0 Å². The van der Waals surface area contributed by atoms with E-state index < -0.39 is 0 Å². The van der Waals surface area contributed by atoms with Crippen LogP contribution >= 0.6 is 11.8 Å². The number of carbonyl (C=O) groups excluding carboxylic acids is 1. The molecule has 2 saturated heterocycles. The highest BCUT2D eigenvalue weighted by molar-refractivity contribution is 8.00. The van der Waals surface area contributed by atoms with Crippen LogP contribution in [-0.4, -0.2) is 41.4 Å². The number of benzene rings is 1. The normalized spacial score (nSPS) is 32.7. The zero-order valence-corrected chi connectivity index (χ0v) is 14.6. The predicted molar refractivity (Wildman–Crippen MR) is 95.5 cm³/mol. The summed E-state index contributed by atoms with van der Waals surface area (Å²) in [4.78, 5) is 15.5. The van der Waals surface area contributed by atoms with Gasteiger partial charge in [-0.15, -0.1) is 0 Å². The maximum absolute atomic E-state index is 13.3. The summed E-state index contributed by atoms with van der Waals surface area (Å²) in [6, 6.07) is 10.8. The van der Waals surface area contributed by atoms with Crippen LogP contribution in [0.25, 0.3) is 0 Å². The van der Waals surface area contributed by atoms with Gasteiger partial charge < -0.3 is 10.2 Å². The van der Waals surface area contributed by atoms with Gasteiger partial charge in [-0.3, -0.25) is 4.79 Å². The summed E-state index contributed by atoms with van der Waals surface area (Å²) in [6.07, 6.45) is 3.47. The fourth-order valence-corrected chi connectivity index (χ4v) is 5.70. The predicted octanol–water partition coefficient (Wildman–Crippen LogP) is 3.08. The first-order valence-electron chi connectivity index (χ1n) is 8.89. The molecule has 4 rings (SSSR count). The van der Waals surface area contributed by atoms with E-state index in [2.05, 4.69) is 47.5 Å². The molecule has 1 N–H and O–H groups in total. The first kappa shape index (κ1) is 15.5. The van der Waals surface area contributed by atoms with Crippen molar-refractivity contribution in [1.82, 2.24) is 10.2 Å². The van der Waals surface area contributed by atoms with Crippen molar-refractivity contribution in [1.29, 1.82) is 0 Å². The highest BCUT2D eigenvalue weighted by Gasteiger charge is 2.59. The molecule has 124 valence electrons. The first-order chi connectivity index (χ1) is 11.2. The second-order valence-electron chi connectivity index (χ2n) is 7.33. The number of hydrogen-bond donors (Lipinski definition) is 1. The van der Waals surface area contributed by atoms with Gasteiger partial charge in [0, 0.05) is 23.5 Å². The number of nitrogens with zero attached hydrogens (tertiary/aromatic N) is 1. The molecule has 3 aliphatic rings. The average molecular weight is 330 g/mol. The molecule has 23 heavy (non-hydrogen) atoms. The van der Waals surface area contributed by atoms with Crippen LogP contribution in [-0.2, 0) is 4.79 Å². The maximum atomic E-state index is 13.3. The van der Waals surface area contributed by atoms with Crippen LogP contribution in [0.5, 0.6) is 0 Å². The lowest BCUT2D eigenvalue weighted by Crippen LogP contribution is -2.45. The molecule has 1 saturated carbocycles. The van der Waals surface area contributed by atoms with Crippen molar-refractivity contribution in [3.05, 3.63) is 35.9 Å². The van der Waals surface area contributed by atoms with Crippen molar-refractivity contribution in [3.63, 3.8) is 0 Å². The van der Waals surface area contributed by atoms with Crippen LogP contribution in [0.3, 0.4) is 0 Å². The monoisotopic (exact) mass is 330 g/mol. The molecule has 1 amide bonds. The van der Waals surface area contributed by atoms with E-state index in [4.69, 9.17) is 0 Å². The molecular formula is C19H26N2OS. The van der Waals surface area contributed by atoms with Crippen LogP contribution in [0.1, 0.15) is 37.8 Å². The Morgan fingerprint density at radius 3 is 2.74 bits per heavy atom.